The standard InChI is InChI=1S/C21H19FN4O2/c1-25-19(15-6-8-16(22)9-7-15)12-17(24-25)21(28)23-13-20(27)26-11-10-14-4-2-3-5-18(14)26/h2-9,12H,10-11,13H2,1H3,(H,23,28). The Labute approximate surface area is 161 Å². The van der Waals surface area contributed by atoms with Crippen LogP contribution in [0, 0.1) is 5.82 Å². The number of carbonyl (C=O) groups excluding carboxylic acids is 2. The maximum absolute atomic E-state index is 13.1. The molecule has 0 fully saturated rings. The van der Waals surface area contributed by atoms with Crippen LogP contribution in [0.3, 0.4) is 0 Å². The molecule has 6 nitrogen and oxygen atoms in total. The topological polar surface area (TPSA) is 67.2 Å². The first-order valence-electron chi connectivity index (χ1n) is 8.99. The second-order valence-corrected chi connectivity index (χ2v) is 6.65. The molecule has 0 bridgehead atoms. The number of aryl methyl sites for hydroxylation is 1. The van der Waals surface area contributed by atoms with Crippen molar-refractivity contribution < 1.29 is 14.0 Å². The summed E-state index contributed by atoms with van der Waals surface area (Å²) >= 11 is 0. The maximum atomic E-state index is 13.1. The van der Waals surface area contributed by atoms with E-state index in [0.29, 0.717) is 12.2 Å². The monoisotopic (exact) mass is 378 g/mol. The third kappa shape index (κ3) is 3.38. The summed E-state index contributed by atoms with van der Waals surface area (Å²) in [7, 11) is 1.71. The number of carbonyl (C=O) groups is 2. The van der Waals surface area contributed by atoms with Gasteiger partial charge in [-0.1, -0.05) is 18.2 Å². The van der Waals surface area contributed by atoms with E-state index < -0.39 is 5.91 Å². The van der Waals surface area contributed by atoms with Crippen molar-refractivity contribution in [2.24, 2.45) is 7.05 Å². The fourth-order valence-corrected chi connectivity index (χ4v) is 3.41. The zero-order valence-corrected chi connectivity index (χ0v) is 15.4. The highest BCUT2D eigenvalue weighted by atomic mass is 19.1. The van der Waals surface area contributed by atoms with Crippen LogP contribution < -0.4 is 10.2 Å². The molecule has 1 aliphatic rings. The molecule has 0 radical (unpaired) electrons. The molecule has 0 saturated carbocycles. The fraction of sp³-hybridized carbons (Fsp3) is 0.190. The van der Waals surface area contributed by atoms with Gasteiger partial charge in [-0.25, -0.2) is 4.39 Å². The third-order valence-electron chi connectivity index (χ3n) is 4.84. The van der Waals surface area contributed by atoms with Crippen LogP contribution in [0.2, 0.25) is 0 Å². The van der Waals surface area contributed by atoms with Gasteiger partial charge in [-0.3, -0.25) is 14.3 Å². The SMILES string of the molecule is Cn1nc(C(=O)NCC(=O)N2CCc3ccccc32)cc1-c1ccc(F)cc1. The number of rotatable bonds is 4. The molecule has 3 aromatic rings. The van der Waals surface area contributed by atoms with Gasteiger partial charge >= 0.3 is 0 Å². The van der Waals surface area contributed by atoms with Crippen molar-refractivity contribution in [1.82, 2.24) is 15.1 Å². The van der Waals surface area contributed by atoms with Crippen molar-refractivity contribution >= 4 is 17.5 Å². The van der Waals surface area contributed by atoms with Crippen molar-refractivity contribution in [3.05, 3.63) is 71.7 Å². The quantitative estimate of drug-likeness (QED) is 0.759. The van der Waals surface area contributed by atoms with E-state index in [1.807, 2.05) is 24.3 Å². The van der Waals surface area contributed by atoms with Crippen LogP contribution >= 0.6 is 0 Å². The van der Waals surface area contributed by atoms with Gasteiger partial charge < -0.3 is 10.2 Å². The van der Waals surface area contributed by atoms with Gasteiger partial charge in [0.15, 0.2) is 5.69 Å². The largest absolute Gasteiger partial charge is 0.342 e. The second-order valence-electron chi connectivity index (χ2n) is 6.65. The number of hydrogen-bond donors (Lipinski definition) is 1. The van der Waals surface area contributed by atoms with Gasteiger partial charge in [-0.05, 0) is 53.9 Å². The highest BCUT2D eigenvalue weighted by Crippen LogP contribution is 2.27. The molecular weight excluding hydrogens is 359 g/mol. The Kier molecular flexibility index (Phi) is 4.65. The van der Waals surface area contributed by atoms with Crippen molar-refractivity contribution in [3.8, 4) is 11.3 Å². The van der Waals surface area contributed by atoms with Gasteiger partial charge in [0.2, 0.25) is 5.91 Å². The van der Waals surface area contributed by atoms with Crippen molar-refractivity contribution in [1.29, 1.82) is 0 Å². The van der Waals surface area contributed by atoms with Crippen molar-refractivity contribution in [3.63, 3.8) is 0 Å². The van der Waals surface area contributed by atoms with Crippen LogP contribution in [0.25, 0.3) is 11.3 Å². The van der Waals surface area contributed by atoms with E-state index in [4.69, 9.17) is 0 Å². The van der Waals surface area contributed by atoms with E-state index in [0.717, 1.165) is 23.2 Å². The van der Waals surface area contributed by atoms with Gasteiger partial charge in [0.05, 0.1) is 12.2 Å². The third-order valence-corrected chi connectivity index (χ3v) is 4.84. The summed E-state index contributed by atoms with van der Waals surface area (Å²) in [5.41, 5.74) is 3.68. The molecule has 1 aromatic heterocycles. The Bertz CT molecular complexity index is 1040. The molecule has 2 amide bonds. The first kappa shape index (κ1) is 17.9. The van der Waals surface area contributed by atoms with Gasteiger partial charge in [-0.2, -0.15) is 5.10 Å². The Hall–Kier alpha value is -3.48. The highest BCUT2D eigenvalue weighted by Gasteiger charge is 2.24. The number of amides is 2. The molecular formula is C21H19FN4O2. The summed E-state index contributed by atoms with van der Waals surface area (Å²) in [4.78, 5) is 26.7. The molecule has 1 N–H and O–H groups in total. The van der Waals surface area contributed by atoms with E-state index in [-0.39, 0.29) is 24.0 Å². The number of aromatic nitrogens is 2. The number of para-hydroxylation sites is 1. The van der Waals surface area contributed by atoms with Crippen LogP contribution in [0.4, 0.5) is 10.1 Å². The zero-order valence-electron chi connectivity index (χ0n) is 15.4. The van der Waals surface area contributed by atoms with Gasteiger partial charge in [0, 0.05) is 19.3 Å². The lowest BCUT2D eigenvalue weighted by Crippen LogP contribution is -2.39. The zero-order chi connectivity index (χ0) is 19.7. The van der Waals surface area contributed by atoms with Crippen LogP contribution in [0.5, 0.6) is 0 Å². The van der Waals surface area contributed by atoms with E-state index in [2.05, 4.69) is 10.4 Å². The second kappa shape index (κ2) is 7.26. The first-order chi connectivity index (χ1) is 13.5. The summed E-state index contributed by atoms with van der Waals surface area (Å²) in [6.07, 6.45) is 0.817. The molecule has 142 valence electrons. The number of anilines is 1. The van der Waals surface area contributed by atoms with Crippen molar-refractivity contribution in [2.45, 2.75) is 6.42 Å². The number of nitrogens with one attached hydrogen (secondary N) is 1. The molecule has 7 heteroatoms. The van der Waals surface area contributed by atoms with Crippen LogP contribution in [0.15, 0.2) is 54.6 Å². The normalized spacial score (nSPS) is 12.7. The van der Waals surface area contributed by atoms with Crippen molar-refractivity contribution in [2.75, 3.05) is 18.0 Å². The Morgan fingerprint density at radius 3 is 2.68 bits per heavy atom. The molecule has 0 spiro atoms. The predicted molar refractivity (Wildman–Crippen MR) is 103 cm³/mol. The van der Waals surface area contributed by atoms with Gasteiger partial charge in [0.1, 0.15) is 5.82 Å². The Balaban J connectivity index is 1.43. The molecule has 28 heavy (non-hydrogen) atoms. The van der Waals surface area contributed by atoms with Crippen LogP contribution in [-0.4, -0.2) is 34.7 Å². The molecule has 1 aliphatic heterocycles. The van der Waals surface area contributed by atoms with E-state index in [1.54, 1.807) is 34.8 Å². The summed E-state index contributed by atoms with van der Waals surface area (Å²) in [6, 6.07) is 15.4. The smallest absolute Gasteiger partial charge is 0.272 e. The maximum Gasteiger partial charge on any atom is 0.272 e. The average Bonchev–Trinajstić information content (AvgIpc) is 3.30. The fourth-order valence-electron chi connectivity index (χ4n) is 3.41. The number of nitrogens with zero attached hydrogens (tertiary/aromatic N) is 3. The van der Waals surface area contributed by atoms with Crippen LogP contribution in [-0.2, 0) is 18.3 Å². The molecule has 0 saturated heterocycles. The Morgan fingerprint density at radius 2 is 1.89 bits per heavy atom. The lowest BCUT2D eigenvalue weighted by Gasteiger charge is -2.17. The summed E-state index contributed by atoms with van der Waals surface area (Å²) in [6.45, 7) is 0.516. The van der Waals surface area contributed by atoms with Crippen LogP contribution in [0.1, 0.15) is 16.1 Å². The van der Waals surface area contributed by atoms with Gasteiger partial charge in [-0.15, -0.1) is 0 Å². The minimum atomic E-state index is -0.426. The minimum Gasteiger partial charge on any atom is -0.342 e. The molecule has 2 heterocycles. The van der Waals surface area contributed by atoms with Gasteiger partial charge in [0.25, 0.3) is 5.91 Å². The molecule has 0 aliphatic carbocycles. The first-order valence-corrected chi connectivity index (χ1v) is 8.99. The number of halogens is 1. The lowest BCUT2D eigenvalue weighted by atomic mass is 10.1. The molecule has 4 rings (SSSR count). The number of fused-ring (bicyclic) bond motifs is 1. The lowest BCUT2D eigenvalue weighted by molar-refractivity contribution is -0.117. The van der Waals surface area contributed by atoms with E-state index in [1.165, 1.54) is 12.1 Å². The number of hydrogen-bond acceptors (Lipinski definition) is 3. The van der Waals surface area contributed by atoms with E-state index >= 15 is 0 Å². The molecule has 0 atom stereocenters. The molecule has 0 unspecified atom stereocenters. The molecule has 2 aromatic carbocycles. The predicted octanol–water partition coefficient (Wildman–Crippen LogP) is 2.55. The van der Waals surface area contributed by atoms with E-state index in [9.17, 15) is 14.0 Å². The average molecular weight is 378 g/mol. The summed E-state index contributed by atoms with van der Waals surface area (Å²) in [5, 5.41) is 6.85. The highest BCUT2D eigenvalue weighted by molar-refractivity contribution is 6.01. The minimum absolute atomic E-state index is 0.102. The summed E-state index contributed by atoms with van der Waals surface area (Å²) < 4.78 is 14.7. The summed E-state index contributed by atoms with van der Waals surface area (Å²) in [5.74, 6) is -0.913. The Morgan fingerprint density at radius 1 is 1.14 bits per heavy atom. The number of benzene rings is 2.